The van der Waals surface area contributed by atoms with Gasteiger partial charge in [0.15, 0.2) is 6.61 Å². The summed E-state index contributed by atoms with van der Waals surface area (Å²) in [6, 6.07) is 14.2. The number of likely N-dealkylation sites (tertiary alicyclic amines) is 2. The molecule has 1 amide bonds. The summed E-state index contributed by atoms with van der Waals surface area (Å²) in [5.41, 5.74) is 0.169. The number of amides is 1. The van der Waals surface area contributed by atoms with Crippen LogP contribution in [0.25, 0.3) is 10.8 Å². The second kappa shape index (κ2) is 7.96. The van der Waals surface area contributed by atoms with Crippen LogP contribution in [0.15, 0.2) is 42.5 Å². The molecule has 0 aromatic heterocycles. The van der Waals surface area contributed by atoms with Gasteiger partial charge in [-0.25, -0.2) is 0 Å². The fraction of sp³-hybridized carbons (Fsp3) is 0.542. The van der Waals surface area contributed by atoms with Crippen molar-refractivity contribution in [3.63, 3.8) is 0 Å². The molecule has 3 aliphatic heterocycles. The molecule has 0 bridgehead atoms. The monoisotopic (exact) mass is 394 g/mol. The Labute approximate surface area is 172 Å². The molecule has 2 atom stereocenters. The first-order valence-corrected chi connectivity index (χ1v) is 11.0. The van der Waals surface area contributed by atoms with E-state index >= 15 is 0 Å². The van der Waals surface area contributed by atoms with Gasteiger partial charge in [-0.3, -0.25) is 9.69 Å². The molecular weight excluding hydrogens is 364 g/mol. The fourth-order valence-corrected chi connectivity index (χ4v) is 5.19. The van der Waals surface area contributed by atoms with Crippen molar-refractivity contribution in [3.05, 3.63) is 42.5 Å². The molecule has 5 nitrogen and oxygen atoms in total. The molecule has 0 N–H and O–H groups in total. The average Bonchev–Trinajstić information content (AvgIpc) is 3.28. The van der Waals surface area contributed by atoms with E-state index in [2.05, 4.69) is 17.0 Å². The smallest absolute Gasteiger partial charge is 0.260 e. The van der Waals surface area contributed by atoms with E-state index in [0.29, 0.717) is 6.10 Å². The lowest BCUT2D eigenvalue weighted by molar-refractivity contribution is -0.143. The minimum Gasteiger partial charge on any atom is -0.484 e. The molecular formula is C24H30N2O3. The topological polar surface area (TPSA) is 42.0 Å². The molecule has 154 valence electrons. The fourth-order valence-electron chi connectivity index (χ4n) is 5.19. The maximum absolute atomic E-state index is 12.9. The number of fused-ring (bicyclic) bond motifs is 1. The van der Waals surface area contributed by atoms with Crippen molar-refractivity contribution in [3.8, 4) is 5.75 Å². The van der Waals surface area contributed by atoms with Crippen LogP contribution in [0.4, 0.5) is 0 Å². The average molecular weight is 395 g/mol. The van der Waals surface area contributed by atoms with Gasteiger partial charge in [-0.2, -0.15) is 0 Å². The third kappa shape index (κ3) is 3.86. The second-order valence-corrected chi connectivity index (χ2v) is 8.77. The number of hydrogen-bond acceptors (Lipinski definition) is 4. The summed E-state index contributed by atoms with van der Waals surface area (Å²) >= 11 is 0. The molecule has 2 aromatic carbocycles. The summed E-state index contributed by atoms with van der Waals surface area (Å²) in [6.07, 6.45) is 6.19. The Morgan fingerprint density at radius 3 is 2.79 bits per heavy atom. The number of carbonyl (C=O) groups is 1. The van der Waals surface area contributed by atoms with E-state index in [0.717, 1.165) is 50.3 Å². The molecule has 0 saturated carbocycles. The quantitative estimate of drug-likeness (QED) is 0.779. The summed E-state index contributed by atoms with van der Waals surface area (Å²) in [5, 5.41) is 2.31. The van der Waals surface area contributed by atoms with Crippen molar-refractivity contribution in [2.75, 3.05) is 39.4 Å². The van der Waals surface area contributed by atoms with Crippen molar-refractivity contribution in [2.45, 2.75) is 43.7 Å². The zero-order valence-corrected chi connectivity index (χ0v) is 17.0. The first-order valence-electron chi connectivity index (χ1n) is 11.0. The molecule has 1 spiro atoms. The van der Waals surface area contributed by atoms with Crippen LogP contribution in [-0.4, -0.2) is 66.7 Å². The molecule has 3 saturated heterocycles. The van der Waals surface area contributed by atoms with Crippen molar-refractivity contribution in [1.82, 2.24) is 9.80 Å². The summed E-state index contributed by atoms with van der Waals surface area (Å²) < 4.78 is 11.7. The molecule has 3 aliphatic rings. The third-order valence-corrected chi connectivity index (χ3v) is 6.96. The lowest BCUT2D eigenvalue weighted by Gasteiger charge is -2.57. The number of benzene rings is 2. The number of ether oxygens (including phenoxy) is 2. The zero-order chi connectivity index (χ0) is 19.7. The predicted molar refractivity (Wildman–Crippen MR) is 113 cm³/mol. The van der Waals surface area contributed by atoms with Gasteiger partial charge in [0.1, 0.15) is 5.75 Å². The van der Waals surface area contributed by atoms with Crippen molar-refractivity contribution in [1.29, 1.82) is 0 Å². The normalized spacial score (nSPS) is 27.3. The third-order valence-electron chi connectivity index (χ3n) is 6.96. The minimum absolute atomic E-state index is 0.0983. The number of piperidine rings is 1. The number of hydrogen-bond donors (Lipinski definition) is 0. The van der Waals surface area contributed by atoms with E-state index in [1.807, 2.05) is 35.2 Å². The molecule has 0 radical (unpaired) electrons. The maximum atomic E-state index is 12.9. The van der Waals surface area contributed by atoms with E-state index in [4.69, 9.17) is 9.47 Å². The van der Waals surface area contributed by atoms with Gasteiger partial charge in [0.25, 0.3) is 5.91 Å². The summed E-state index contributed by atoms with van der Waals surface area (Å²) in [7, 11) is 0. The first-order chi connectivity index (χ1) is 14.2. The van der Waals surface area contributed by atoms with Crippen LogP contribution >= 0.6 is 0 Å². The SMILES string of the molecule is O=C(COc1ccc2ccccc2c1)N1CCC[C@@]2(CCN2C[C@H]2CCCO2)C1. The molecule has 0 unspecified atom stereocenters. The highest BCUT2D eigenvalue weighted by Crippen LogP contribution is 2.39. The Balaban J connectivity index is 1.18. The Morgan fingerprint density at radius 2 is 2.00 bits per heavy atom. The van der Waals surface area contributed by atoms with Crippen molar-refractivity contribution in [2.24, 2.45) is 0 Å². The number of nitrogens with zero attached hydrogens (tertiary/aromatic N) is 2. The van der Waals surface area contributed by atoms with E-state index in [9.17, 15) is 4.79 Å². The van der Waals surface area contributed by atoms with Gasteiger partial charge in [-0.15, -0.1) is 0 Å². The van der Waals surface area contributed by atoms with Gasteiger partial charge in [0.05, 0.1) is 6.10 Å². The van der Waals surface area contributed by atoms with E-state index < -0.39 is 0 Å². The summed E-state index contributed by atoms with van der Waals surface area (Å²) in [5.74, 6) is 0.855. The number of carbonyl (C=O) groups excluding carboxylic acids is 1. The Bertz CT molecular complexity index is 879. The Hall–Kier alpha value is -2.11. The van der Waals surface area contributed by atoms with Crippen LogP contribution in [0, 0.1) is 0 Å². The van der Waals surface area contributed by atoms with Gasteiger partial charge in [-0.05, 0) is 55.0 Å². The van der Waals surface area contributed by atoms with Crippen LogP contribution in [0.3, 0.4) is 0 Å². The predicted octanol–water partition coefficient (Wildman–Crippen LogP) is 3.46. The van der Waals surface area contributed by atoms with Crippen LogP contribution in [0.5, 0.6) is 5.75 Å². The summed E-state index contributed by atoms with van der Waals surface area (Å²) in [6.45, 7) is 4.85. The van der Waals surface area contributed by atoms with Crippen molar-refractivity contribution < 1.29 is 14.3 Å². The maximum Gasteiger partial charge on any atom is 0.260 e. The first kappa shape index (κ1) is 18.9. The Morgan fingerprint density at radius 1 is 1.10 bits per heavy atom. The molecule has 29 heavy (non-hydrogen) atoms. The lowest BCUT2D eigenvalue weighted by Crippen LogP contribution is -2.68. The van der Waals surface area contributed by atoms with E-state index in [1.54, 1.807) is 0 Å². The highest BCUT2D eigenvalue weighted by molar-refractivity contribution is 5.84. The van der Waals surface area contributed by atoms with Gasteiger partial charge in [0.2, 0.25) is 0 Å². The van der Waals surface area contributed by atoms with Gasteiger partial charge >= 0.3 is 0 Å². The highest BCUT2D eigenvalue weighted by Gasteiger charge is 2.48. The molecule has 2 aromatic rings. The highest BCUT2D eigenvalue weighted by atomic mass is 16.5. The van der Waals surface area contributed by atoms with Gasteiger partial charge in [-0.1, -0.05) is 30.3 Å². The van der Waals surface area contributed by atoms with Gasteiger partial charge < -0.3 is 14.4 Å². The molecule has 3 fully saturated rings. The zero-order valence-electron chi connectivity index (χ0n) is 17.0. The standard InChI is InChI=1S/C24H30N2O3/c27-23(17-29-21-9-8-19-5-1-2-6-20(19)15-21)25-12-4-10-24(18-25)11-13-26(24)16-22-7-3-14-28-22/h1-2,5-6,8-9,15,22H,3-4,7,10-14,16-18H2/t22-,24-/m1/s1. The van der Waals surface area contributed by atoms with Crippen LogP contribution in [0.2, 0.25) is 0 Å². The second-order valence-electron chi connectivity index (χ2n) is 8.77. The molecule has 5 rings (SSSR count). The largest absolute Gasteiger partial charge is 0.484 e. The van der Waals surface area contributed by atoms with Crippen LogP contribution in [-0.2, 0) is 9.53 Å². The van der Waals surface area contributed by atoms with Gasteiger partial charge in [0, 0.05) is 38.3 Å². The van der Waals surface area contributed by atoms with E-state index in [-0.39, 0.29) is 18.1 Å². The number of rotatable bonds is 5. The summed E-state index contributed by atoms with van der Waals surface area (Å²) in [4.78, 5) is 17.5. The van der Waals surface area contributed by atoms with Crippen LogP contribution in [0.1, 0.15) is 32.1 Å². The minimum atomic E-state index is 0.0983. The van der Waals surface area contributed by atoms with E-state index in [1.165, 1.54) is 31.1 Å². The molecule has 3 heterocycles. The molecule has 0 aliphatic carbocycles. The van der Waals surface area contributed by atoms with Crippen molar-refractivity contribution >= 4 is 16.7 Å². The molecule has 5 heteroatoms. The van der Waals surface area contributed by atoms with Crippen LogP contribution < -0.4 is 4.74 Å². The lowest BCUT2D eigenvalue weighted by atomic mass is 9.77. The Kier molecular flexibility index (Phi) is 5.18.